The Labute approximate surface area is 67.7 Å². The summed E-state index contributed by atoms with van der Waals surface area (Å²) in [4.78, 5) is 10.9. The van der Waals surface area contributed by atoms with E-state index in [2.05, 4.69) is 16.2 Å². The standard InChI is InChI=1S/C6H9F2N3O/c7-6(8)2-9-1-3-4(6)10-11-5(3)12/h3-4,9-10H,1-2H2,(H,11,12). The summed E-state index contributed by atoms with van der Waals surface area (Å²) < 4.78 is 26.0. The van der Waals surface area contributed by atoms with Crippen molar-refractivity contribution in [3.63, 3.8) is 0 Å². The van der Waals surface area contributed by atoms with Crippen molar-refractivity contribution in [2.45, 2.75) is 12.0 Å². The summed E-state index contributed by atoms with van der Waals surface area (Å²) in [5, 5.41) is 2.53. The molecule has 2 unspecified atom stereocenters. The van der Waals surface area contributed by atoms with E-state index in [0.717, 1.165) is 0 Å². The van der Waals surface area contributed by atoms with Gasteiger partial charge >= 0.3 is 0 Å². The van der Waals surface area contributed by atoms with E-state index in [4.69, 9.17) is 0 Å². The van der Waals surface area contributed by atoms with E-state index in [1.165, 1.54) is 0 Å². The van der Waals surface area contributed by atoms with Gasteiger partial charge in [-0.15, -0.1) is 0 Å². The first-order valence-corrected chi connectivity index (χ1v) is 3.75. The fourth-order valence-corrected chi connectivity index (χ4v) is 1.61. The Kier molecular flexibility index (Phi) is 1.55. The van der Waals surface area contributed by atoms with Crippen molar-refractivity contribution < 1.29 is 13.6 Å². The maximum absolute atomic E-state index is 13.0. The second kappa shape index (κ2) is 2.37. The average molecular weight is 177 g/mol. The average Bonchev–Trinajstić information content (AvgIpc) is 2.33. The molecule has 2 saturated heterocycles. The summed E-state index contributed by atoms with van der Waals surface area (Å²) in [6.45, 7) is -0.0464. The Hall–Kier alpha value is -0.750. The van der Waals surface area contributed by atoms with Crippen LogP contribution < -0.4 is 16.2 Å². The molecule has 12 heavy (non-hydrogen) atoms. The fraction of sp³-hybridized carbons (Fsp3) is 0.833. The number of amides is 1. The van der Waals surface area contributed by atoms with Gasteiger partial charge in [0.2, 0.25) is 5.91 Å². The number of carbonyl (C=O) groups is 1. The molecular weight excluding hydrogens is 168 g/mol. The van der Waals surface area contributed by atoms with Gasteiger partial charge < -0.3 is 5.32 Å². The minimum absolute atomic E-state index is 0.319. The number of rotatable bonds is 0. The van der Waals surface area contributed by atoms with Crippen LogP contribution in [-0.2, 0) is 4.79 Å². The number of fused-ring (bicyclic) bond motifs is 1. The number of alkyl halides is 2. The molecule has 68 valence electrons. The summed E-state index contributed by atoms with van der Waals surface area (Å²) in [6, 6.07) is -1.05. The molecule has 2 aliphatic heterocycles. The van der Waals surface area contributed by atoms with Gasteiger partial charge in [0.15, 0.2) is 0 Å². The number of piperidine rings is 1. The monoisotopic (exact) mass is 177 g/mol. The minimum atomic E-state index is -2.85. The number of hydrogen-bond donors (Lipinski definition) is 3. The molecule has 0 radical (unpaired) electrons. The molecule has 0 saturated carbocycles. The van der Waals surface area contributed by atoms with E-state index in [1.807, 2.05) is 0 Å². The molecule has 1 amide bonds. The maximum Gasteiger partial charge on any atom is 0.277 e. The maximum atomic E-state index is 13.0. The van der Waals surface area contributed by atoms with Gasteiger partial charge in [-0.05, 0) is 0 Å². The van der Waals surface area contributed by atoms with E-state index in [-0.39, 0.29) is 12.5 Å². The lowest BCUT2D eigenvalue weighted by molar-refractivity contribution is -0.126. The largest absolute Gasteiger partial charge is 0.310 e. The smallest absolute Gasteiger partial charge is 0.277 e. The van der Waals surface area contributed by atoms with Crippen LogP contribution in [0.15, 0.2) is 0 Å². The Bertz CT molecular complexity index is 221. The molecule has 0 spiro atoms. The molecule has 0 aromatic rings. The highest BCUT2D eigenvalue weighted by Gasteiger charge is 2.52. The van der Waals surface area contributed by atoms with Crippen molar-refractivity contribution in [1.82, 2.24) is 16.2 Å². The second-order valence-corrected chi connectivity index (χ2v) is 3.11. The molecule has 3 N–H and O–H groups in total. The zero-order valence-corrected chi connectivity index (χ0v) is 6.23. The lowest BCUT2D eigenvalue weighted by Gasteiger charge is -2.31. The highest BCUT2D eigenvalue weighted by molar-refractivity contribution is 5.81. The molecular formula is C6H9F2N3O. The van der Waals surface area contributed by atoms with Crippen molar-refractivity contribution in [3.8, 4) is 0 Å². The highest BCUT2D eigenvalue weighted by Crippen LogP contribution is 2.28. The molecule has 4 nitrogen and oxygen atoms in total. The SMILES string of the molecule is O=C1NNC2C1CNCC2(F)F. The van der Waals surface area contributed by atoms with Gasteiger partial charge in [-0.2, -0.15) is 0 Å². The summed E-state index contributed by atoms with van der Waals surface area (Å²) in [6.07, 6.45) is 0. The van der Waals surface area contributed by atoms with Crippen LogP contribution in [0.3, 0.4) is 0 Å². The van der Waals surface area contributed by atoms with Crippen molar-refractivity contribution in [2.24, 2.45) is 5.92 Å². The third kappa shape index (κ3) is 0.987. The van der Waals surface area contributed by atoms with Crippen molar-refractivity contribution in [1.29, 1.82) is 0 Å². The quantitative estimate of drug-likeness (QED) is 0.437. The Morgan fingerprint density at radius 2 is 2.25 bits per heavy atom. The lowest BCUT2D eigenvalue weighted by Crippen LogP contribution is -2.58. The number of carbonyl (C=O) groups excluding carboxylic acids is 1. The van der Waals surface area contributed by atoms with Gasteiger partial charge in [0.25, 0.3) is 5.92 Å². The summed E-state index contributed by atoms with van der Waals surface area (Å²) >= 11 is 0. The zero-order valence-electron chi connectivity index (χ0n) is 6.23. The van der Waals surface area contributed by atoms with Gasteiger partial charge in [0.05, 0.1) is 12.5 Å². The summed E-state index contributed by atoms with van der Waals surface area (Å²) in [5.41, 5.74) is 4.52. The van der Waals surface area contributed by atoms with Crippen molar-refractivity contribution in [3.05, 3.63) is 0 Å². The van der Waals surface area contributed by atoms with Crippen LogP contribution in [0, 0.1) is 5.92 Å². The van der Waals surface area contributed by atoms with Crippen LogP contribution in [0.1, 0.15) is 0 Å². The van der Waals surface area contributed by atoms with Crippen LogP contribution in [0.5, 0.6) is 0 Å². The van der Waals surface area contributed by atoms with Crippen LogP contribution in [0.4, 0.5) is 8.78 Å². The first kappa shape index (κ1) is 7.88. The normalized spacial score (nSPS) is 39.0. The summed E-state index contributed by atoms with van der Waals surface area (Å²) in [5.74, 6) is -3.84. The first-order valence-electron chi connectivity index (χ1n) is 3.75. The zero-order chi connectivity index (χ0) is 8.77. The molecule has 2 rings (SSSR count). The van der Waals surface area contributed by atoms with Crippen LogP contribution in [-0.4, -0.2) is 31.0 Å². The predicted molar refractivity (Wildman–Crippen MR) is 36.4 cm³/mol. The molecule has 2 atom stereocenters. The first-order chi connectivity index (χ1) is 5.61. The molecule has 0 aliphatic carbocycles. The number of nitrogens with one attached hydrogen (secondary N) is 3. The third-order valence-electron chi connectivity index (χ3n) is 2.27. The van der Waals surface area contributed by atoms with Gasteiger partial charge in [0.1, 0.15) is 6.04 Å². The number of hydrazine groups is 1. The topological polar surface area (TPSA) is 53.2 Å². The number of halogens is 2. The molecule has 0 bridgehead atoms. The molecule has 2 heterocycles. The van der Waals surface area contributed by atoms with Crippen LogP contribution >= 0.6 is 0 Å². The molecule has 0 aromatic carbocycles. The van der Waals surface area contributed by atoms with Gasteiger partial charge in [-0.3, -0.25) is 10.2 Å². The van der Waals surface area contributed by atoms with Crippen molar-refractivity contribution >= 4 is 5.91 Å². The van der Waals surface area contributed by atoms with E-state index in [1.54, 1.807) is 0 Å². The Morgan fingerprint density at radius 3 is 2.92 bits per heavy atom. The Morgan fingerprint density at radius 1 is 1.50 bits per heavy atom. The predicted octanol–water partition coefficient (Wildman–Crippen LogP) is -1.16. The van der Waals surface area contributed by atoms with E-state index in [0.29, 0.717) is 6.54 Å². The molecule has 2 fully saturated rings. The second-order valence-electron chi connectivity index (χ2n) is 3.11. The van der Waals surface area contributed by atoms with Crippen LogP contribution in [0.2, 0.25) is 0 Å². The van der Waals surface area contributed by atoms with E-state index in [9.17, 15) is 13.6 Å². The Balaban J connectivity index is 2.21. The van der Waals surface area contributed by atoms with E-state index < -0.39 is 17.9 Å². The lowest BCUT2D eigenvalue weighted by atomic mass is 9.92. The minimum Gasteiger partial charge on any atom is -0.310 e. The van der Waals surface area contributed by atoms with E-state index >= 15 is 0 Å². The molecule has 0 aromatic heterocycles. The van der Waals surface area contributed by atoms with Gasteiger partial charge in [-0.25, -0.2) is 14.2 Å². The number of hydrogen-bond acceptors (Lipinski definition) is 3. The molecule has 6 heteroatoms. The van der Waals surface area contributed by atoms with Crippen molar-refractivity contribution in [2.75, 3.05) is 13.1 Å². The van der Waals surface area contributed by atoms with Crippen LogP contribution in [0.25, 0.3) is 0 Å². The molecule has 2 aliphatic rings. The third-order valence-corrected chi connectivity index (χ3v) is 2.27. The fourth-order valence-electron chi connectivity index (χ4n) is 1.61. The van der Waals surface area contributed by atoms with Gasteiger partial charge in [0, 0.05) is 6.54 Å². The highest BCUT2D eigenvalue weighted by atomic mass is 19.3. The van der Waals surface area contributed by atoms with Gasteiger partial charge in [-0.1, -0.05) is 0 Å². The summed E-state index contributed by atoms with van der Waals surface area (Å²) in [7, 11) is 0.